The largest absolute Gasteiger partial charge is 0.508 e. The lowest BCUT2D eigenvalue weighted by atomic mass is 10.2. The number of benzene rings is 1. The summed E-state index contributed by atoms with van der Waals surface area (Å²) in [6.45, 7) is -0.117. The second-order valence-electron chi connectivity index (χ2n) is 3.08. The van der Waals surface area contributed by atoms with Gasteiger partial charge in [-0.25, -0.2) is 9.97 Å². The Morgan fingerprint density at radius 3 is 2.80 bits per heavy atom. The monoisotopic (exact) mass is 202 g/mol. The summed E-state index contributed by atoms with van der Waals surface area (Å²) in [5.41, 5.74) is 1.29. The Balaban J connectivity index is 2.44. The Hall–Kier alpha value is -1.94. The maximum Gasteiger partial charge on any atom is 0.159 e. The summed E-state index contributed by atoms with van der Waals surface area (Å²) in [7, 11) is 0. The second kappa shape index (κ2) is 4.06. The van der Waals surface area contributed by atoms with Crippen molar-refractivity contribution < 1.29 is 10.2 Å². The normalized spacial score (nSPS) is 10.2. The van der Waals surface area contributed by atoms with Crippen molar-refractivity contribution in [3.8, 4) is 17.1 Å². The molecule has 0 saturated heterocycles. The van der Waals surface area contributed by atoms with Crippen molar-refractivity contribution in [2.24, 2.45) is 0 Å². The standard InChI is InChI=1S/C11H10N2O2/c14-7-9-4-5-12-11(13-9)8-2-1-3-10(15)6-8/h1-6,14-15H,7H2. The first-order valence-electron chi connectivity index (χ1n) is 4.52. The van der Waals surface area contributed by atoms with Crippen molar-refractivity contribution in [3.63, 3.8) is 0 Å². The van der Waals surface area contributed by atoms with Crippen LogP contribution in [0.15, 0.2) is 36.5 Å². The average Bonchev–Trinajstić information content (AvgIpc) is 2.29. The zero-order valence-electron chi connectivity index (χ0n) is 7.96. The molecule has 0 amide bonds. The number of rotatable bonds is 2. The van der Waals surface area contributed by atoms with Gasteiger partial charge in [0.15, 0.2) is 5.82 Å². The van der Waals surface area contributed by atoms with Crippen LogP contribution in [-0.2, 0) is 6.61 Å². The van der Waals surface area contributed by atoms with Crippen LogP contribution in [0.25, 0.3) is 11.4 Å². The van der Waals surface area contributed by atoms with Gasteiger partial charge in [0.2, 0.25) is 0 Å². The lowest BCUT2D eigenvalue weighted by molar-refractivity contribution is 0.277. The predicted molar refractivity (Wildman–Crippen MR) is 55.1 cm³/mol. The maximum absolute atomic E-state index is 9.30. The highest BCUT2D eigenvalue weighted by Crippen LogP contribution is 2.19. The summed E-state index contributed by atoms with van der Waals surface area (Å²) in [6.07, 6.45) is 1.58. The molecule has 1 heterocycles. The number of phenolic OH excluding ortho intramolecular Hbond substituents is 1. The maximum atomic E-state index is 9.30. The third-order valence-electron chi connectivity index (χ3n) is 1.98. The number of aliphatic hydroxyl groups excluding tert-OH is 1. The molecule has 0 saturated carbocycles. The molecule has 0 unspecified atom stereocenters. The number of phenols is 1. The lowest BCUT2D eigenvalue weighted by Crippen LogP contribution is -1.94. The van der Waals surface area contributed by atoms with Gasteiger partial charge in [0.25, 0.3) is 0 Å². The molecule has 0 aliphatic rings. The molecule has 2 N–H and O–H groups in total. The van der Waals surface area contributed by atoms with Crippen molar-refractivity contribution >= 4 is 0 Å². The van der Waals surface area contributed by atoms with E-state index in [-0.39, 0.29) is 12.4 Å². The van der Waals surface area contributed by atoms with E-state index < -0.39 is 0 Å². The molecule has 15 heavy (non-hydrogen) atoms. The van der Waals surface area contributed by atoms with Gasteiger partial charge in [-0.2, -0.15) is 0 Å². The van der Waals surface area contributed by atoms with E-state index in [1.807, 2.05) is 0 Å². The minimum Gasteiger partial charge on any atom is -0.508 e. The van der Waals surface area contributed by atoms with Crippen LogP contribution >= 0.6 is 0 Å². The quantitative estimate of drug-likeness (QED) is 0.771. The van der Waals surface area contributed by atoms with Crippen LogP contribution < -0.4 is 0 Å². The molecule has 0 bridgehead atoms. The Morgan fingerprint density at radius 1 is 1.20 bits per heavy atom. The van der Waals surface area contributed by atoms with Gasteiger partial charge in [-0.05, 0) is 18.2 Å². The summed E-state index contributed by atoms with van der Waals surface area (Å²) in [6, 6.07) is 8.33. The number of aromatic nitrogens is 2. The molecule has 1 aromatic heterocycles. The fourth-order valence-corrected chi connectivity index (χ4v) is 1.27. The number of aliphatic hydroxyl groups is 1. The highest BCUT2D eigenvalue weighted by atomic mass is 16.3. The van der Waals surface area contributed by atoms with E-state index in [2.05, 4.69) is 9.97 Å². The van der Waals surface area contributed by atoms with Crippen LogP contribution in [0.4, 0.5) is 0 Å². The van der Waals surface area contributed by atoms with E-state index in [0.717, 1.165) is 5.56 Å². The van der Waals surface area contributed by atoms with Gasteiger partial charge < -0.3 is 10.2 Å². The minimum atomic E-state index is -0.117. The van der Waals surface area contributed by atoms with Crippen molar-refractivity contribution in [3.05, 3.63) is 42.2 Å². The predicted octanol–water partition coefficient (Wildman–Crippen LogP) is 1.34. The van der Waals surface area contributed by atoms with Gasteiger partial charge >= 0.3 is 0 Å². The molecule has 2 aromatic rings. The Morgan fingerprint density at radius 2 is 2.07 bits per heavy atom. The molecule has 0 atom stereocenters. The van der Waals surface area contributed by atoms with Crippen LogP contribution in [0.3, 0.4) is 0 Å². The van der Waals surface area contributed by atoms with Crippen LogP contribution in [-0.4, -0.2) is 20.2 Å². The number of nitrogens with zero attached hydrogens (tertiary/aromatic N) is 2. The van der Waals surface area contributed by atoms with E-state index in [0.29, 0.717) is 11.5 Å². The molecule has 0 radical (unpaired) electrons. The van der Waals surface area contributed by atoms with Crippen molar-refractivity contribution in [1.29, 1.82) is 0 Å². The number of hydrogen-bond acceptors (Lipinski definition) is 4. The van der Waals surface area contributed by atoms with Gasteiger partial charge in [0, 0.05) is 11.8 Å². The van der Waals surface area contributed by atoms with E-state index in [1.165, 1.54) is 0 Å². The Kier molecular flexibility index (Phi) is 2.60. The Labute approximate surface area is 86.9 Å². The number of aromatic hydroxyl groups is 1. The molecule has 0 aliphatic carbocycles. The SMILES string of the molecule is OCc1ccnc(-c2cccc(O)c2)n1. The van der Waals surface area contributed by atoms with Gasteiger partial charge in [0.1, 0.15) is 5.75 Å². The van der Waals surface area contributed by atoms with Gasteiger partial charge in [-0.1, -0.05) is 12.1 Å². The summed E-state index contributed by atoms with van der Waals surface area (Å²) in [5, 5.41) is 18.2. The highest BCUT2D eigenvalue weighted by Gasteiger charge is 2.02. The minimum absolute atomic E-state index is 0.117. The number of hydrogen-bond donors (Lipinski definition) is 2. The van der Waals surface area contributed by atoms with E-state index >= 15 is 0 Å². The topological polar surface area (TPSA) is 66.2 Å². The first-order valence-corrected chi connectivity index (χ1v) is 4.52. The third-order valence-corrected chi connectivity index (χ3v) is 1.98. The summed E-state index contributed by atoms with van der Waals surface area (Å²) in [4.78, 5) is 8.20. The smallest absolute Gasteiger partial charge is 0.159 e. The first kappa shape index (κ1) is 9.61. The van der Waals surface area contributed by atoms with Gasteiger partial charge in [-0.3, -0.25) is 0 Å². The van der Waals surface area contributed by atoms with Gasteiger partial charge in [0.05, 0.1) is 12.3 Å². The van der Waals surface area contributed by atoms with Crippen LogP contribution in [0, 0.1) is 0 Å². The van der Waals surface area contributed by atoms with Crippen LogP contribution in [0.5, 0.6) is 5.75 Å². The third kappa shape index (κ3) is 2.11. The first-order chi connectivity index (χ1) is 7.29. The molecule has 76 valence electrons. The van der Waals surface area contributed by atoms with Crippen molar-refractivity contribution in [1.82, 2.24) is 9.97 Å². The zero-order valence-corrected chi connectivity index (χ0v) is 7.96. The van der Waals surface area contributed by atoms with E-state index in [4.69, 9.17) is 5.11 Å². The summed E-state index contributed by atoms with van der Waals surface area (Å²) in [5.74, 6) is 0.669. The second-order valence-corrected chi connectivity index (χ2v) is 3.08. The lowest BCUT2D eigenvalue weighted by Gasteiger charge is -2.01. The van der Waals surface area contributed by atoms with Crippen LogP contribution in [0.1, 0.15) is 5.69 Å². The fourth-order valence-electron chi connectivity index (χ4n) is 1.27. The van der Waals surface area contributed by atoms with Crippen LogP contribution in [0.2, 0.25) is 0 Å². The van der Waals surface area contributed by atoms with E-state index in [9.17, 15) is 5.11 Å². The molecule has 2 rings (SSSR count). The van der Waals surface area contributed by atoms with Crippen molar-refractivity contribution in [2.75, 3.05) is 0 Å². The molecular weight excluding hydrogens is 192 g/mol. The van der Waals surface area contributed by atoms with Gasteiger partial charge in [-0.15, -0.1) is 0 Å². The molecule has 0 aliphatic heterocycles. The average molecular weight is 202 g/mol. The highest BCUT2D eigenvalue weighted by molar-refractivity contribution is 5.57. The zero-order chi connectivity index (χ0) is 10.7. The summed E-state index contributed by atoms with van der Waals surface area (Å²) >= 11 is 0. The molecule has 4 heteroatoms. The fraction of sp³-hybridized carbons (Fsp3) is 0.0909. The molecular formula is C11H10N2O2. The molecule has 1 aromatic carbocycles. The summed E-state index contributed by atoms with van der Waals surface area (Å²) < 4.78 is 0. The van der Waals surface area contributed by atoms with Crippen molar-refractivity contribution in [2.45, 2.75) is 6.61 Å². The molecule has 0 spiro atoms. The van der Waals surface area contributed by atoms with E-state index in [1.54, 1.807) is 36.5 Å². The molecule has 4 nitrogen and oxygen atoms in total. The Bertz CT molecular complexity index is 472. The molecule has 0 fully saturated rings.